The van der Waals surface area contributed by atoms with Gasteiger partial charge in [0.2, 0.25) is 0 Å². The summed E-state index contributed by atoms with van der Waals surface area (Å²) in [5, 5.41) is 3.51. The molecular formula is C13H14ClN3O. The number of pyridine rings is 1. The van der Waals surface area contributed by atoms with Crippen molar-refractivity contribution in [1.29, 1.82) is 0 Å². The van der Waals surface area contributed by atoms with E-state index in [-0.39, 0.29) is 0 Å². The molecule has 3 N–H and O–H groups in total. The van der Waals surface area contributed by atoms with E-state index in [1.165, 1.54) is 0 Å². The highest BCUT2D eigenvalue weighted by atomic mass is 35.5. The van der Waals surface area contributed by atoms with Crippen molar-refractivity contribution in [2.24, 2.45) is 0 Å². The van der Waals surface area contributed by atoms with Crippen molar-refractivity contribution in [3.8, 4) is 5.75 Å². The summed E-state index contributed by atoms with van der Waals surface area (Å²) in [4.78, 5) is 4.14. The van der Waals surface area contributed by atoms with Gasteiger partial charge in [0.25, 0.3) is 0 Å². The second-order valence-corrected chi connectivity index (χ2v) is 4.31. The van der Waals surface area contributed by atoms with Crippen LogP contribution < -0.4 is 15.8 Å². The largest absolute Gasteiger partial charge is 0.496 e. The van der Waals surface area contributed by atoms with Crippen LogP contribution in [0.25, 0.3) is 0 Å². The number of anilines is 3. The lowest BCUT2D eigenvalue weighted by Crippen LogP contribution is -1.97. The second kappa shape index (κ2) is 5.14. The summed E-state index contributed by atoms with van der Waals surface area (Å²) in [6.07, 6.45) is 0. The molecule has 0 atom stereocenters. The third-order valence-electron chi connectivity index (χ3n) is 2.48. The minimum Gasteiger partial charge on any atom is -0.496 e. The summed E-state index contributed by atoms with van der Waals surface area (Å²) in [5.74, 6) is 1.46. The van der Waals surface area contributed by atoms with Crippen molar-refractivity contribution in [3.63, 3.8) is 0 Å². The van der Waals surface area contributed by atoms with Gasteiger partial charge in [-0.15, -0.1) is 0 Å². The molecule has 0 aliphatic heterocycles. The van der Waals surface area contributed by atoms with E-state index in [9.17, 15) is 0 Å². The summed E-state index contributed by atoms with van der Waals surface area (Å²) >= 11 is 5.84. The predicted molar refractivity (Wildman–Crippen MR) is 74.7 cm³/mol. The predicted octanol–water partition coefficient (Wildman–Crippen LogP) is 3.38. The number of nitrogens with one attached hydrogen (secondary N) is 1. The van der Waals surface area contributed by atoms with Gasteiger partial charge in [0.1, 0.15) is 16.7 Å². The number of aryl methyl sites for hydroxylation is 1. The number of methoxy groups -OCH3 is 1. The Morgan fingerprint density at radius 1 is 1.28 bits per heavy atom. The molecule has 0 saturated carbocycles. The van der Waals surface area contributed by atoms with E-state index < -0.39 is 0 Å². The Kier molecular flexibility index (Phi) is 3.58. The van der Waals surface area contributed by atoms with Gasteiger partial charge in [-0.25, -0.2) is 4.98 Å². The summed E-state index contributed by atoms with van der Waals surface area (Å²) in [6.45, 7) is 1.98. The van der Waals surface area contributed by atoms with Crippen LogP contribution in [-0.4, -0.2) is 12.1 Å². The first-order valence-electron chi connectivity index (χ1n) is 5.43. The van der Waals surface area contributed by atoms with Crippen LogP contribution in [0.4, 0.5) is 17.2 Å². The topological polar surface area (TPSA) is 60.2 Å². The van der Waals surface area contributed by atoms with Gasteiger partial charge in [0.15, 0.2) is 0 Å². The Labute approximate surface area is 111 Å². The Morgan fingerprint density at radius 2 is 2.06 bits per heavy atom. The van der Waals surface area contributed by atoms with Crippen LogP contribution in [0.2, 0.25) is 5.15 Å². The van der Waals surface area contributed by atoms with Crippen LogP contribution in [0.1, 0.15) is 5.56 Å². The number of hydrogen-bond acceptors (Lipinski definition) is 4. The van der Waals surface area contributed by atoms with Crippen LogP contribution in [0, 0.1) is 6.92 Å². The lowest BCUT2D eigenvalue weighted by Gasteiger charge is -2.10. The number of nitrogens with two attached hydrogens (primary N) is 1. The molecule has 0 spiro atoms. The molecule has 0 aliphatic rings. The van der Waals surface area contributed by atoms with E-state index in [0.717, 1.165) is 17.0 Å². The number of aromatic nitrogens is 1. The highest BCUT2D eigenvalue weighted by Gasteiger charge is 2.02. The highest BCUT2D eigenvalue weighted by molar-refractivity contribution is 6.29. The van der Waals surface area contributed by atoms with Crippen molar-refractivity contribution in [2.75, 3.05) is 18.2 Å². The fourth-order valence-electron chi connectivity index (χ4n) is 1.68. The number of nitrogens with zero attached hydrogens (tertiary/aromatic N) is 1. The average molecular weight is 264 g/mol. The third kappa shape index (κ3) is 2.84. The first-order valence-corrected chi connectivity index (χ1v) is 5.81. The van der Waals surface area contributed by atoms with Crippen LogP contribution in [0.3, 0.4) is 0 Å². The number of nitrogen functional groups attached to an aromatic ring is 1. The lowest BCUT2D eigenvalue weighted by atomic mass is 10.2. The molecule has 1 heterocycles. The zero-order chi connectivity index (χ0) is 13.1. The first-order chi connectivity index (χ1) is 8.58. The first kappa shape index (κ1) is 12.5. The van der Waals surface area contributed by atoms with E-state index in [2.05, 4.69) is 10.3 Å². The fraction of sp³-hybridized carbons (Fsp3) is 0.154. The summed E-state index contributed by atoms with van der Waals surface area (Å²) < 4.78 is 5.20. The molecule has 0 amide bonds. The quantitative estimate of drug-likeness (QED) is 0.834. The monoisotopic (exact) mass is 263 g/mol. The Balaban J connectivity index is 2.25. The van der Waals surface area contributed by atoms with Crippen LogP contribution in [-0.2, 0) is 0 Å². The third-order valence-corrected chi connectivity index (χ3v) is 2.68. The average Bonchev–Trinajstić information content (AvgIpc) is 2.27. The molecular weight excluding hydrogens is 250 g/mol. The molecule has 5 heteroatoms. The molecule has 0 radical (unpaired) electrons. The zero-order valence-electron chi connectivity index (χ0n) is 10.2. The van der Waals surface area contributed by atoms with Crippen molar-refractivity contribution in [2.45, 2.75) is 6.92 Å². The van der Waals surface area contributed by atoms with Gasteiger partial charge in [-0.1, -0.05) is 11.6 Å². The van der Waals surface area contributed by atoms with Gasteiger partial charge in [0, 0.05) is 17.4 Å². The molecule has 2 aromatic rings. The molecule has 94 valence electrons. The van der Waals surface area contributed by atoms with Gasteiger partial charge >= 0.3 is 0 Å². The van der Waals surface area contributed by atoms with Gasteiger partial charge in [-0.2, -0.15) is 0 Å². The van der Waals surface area contributed by atoms with Gasteiger partial charge in [0.05, 0.1) is 7.11 Å². The standard InChI is InChI=1S/C13H14ClN3O/c1-8-5-10(3-4-11(8)18-2)16-13-7-9(15)6-12(14)17-13/h3-7H,1-2H3,(H3,15,16,17). The molecule has 0 saturated heterocycles. The van der Waals surface area contributed by atoms with Crippen molar-refractivity contribution >= 4 is 28.8 Å². The van der Waals surface area contributed by atoms with Crippen LogP contribution in [0.15, 0.2) is 30.3 Å². The number of rotatable bonds is 3. The molecule has 0 fully saturated rings. The fourth-order valence-corrected chi connectivity index (χ4v) is 1.90. The molecule has 0 bridgehead atoms. The SMILES string of the molecule is COc1ccc(Nc2cc(N)cc(Cl)n2)cc1C. The number of halogens is 1. The minimum absolute atomic E-state index is 0.364. The van der Waals surface area contributed by atoms with Gasteiger partial charge in [-0.3, -0.25) is 0 Å². The van der Waals surface area contributed by atoms with E-state index in [1.54, 1.807) is 19.2 Å². The molecule has 0 unspecified atom stereocenters. The molecule has 1 aromatic heterocycles. The van der Waals surface area contributed by atoms with Crippen molar-refractivity contribution < 1.29 is 4.74 Å². The van der Waals surface area contributed by atoms with Crippen molar-refractivity contribution in [1.82, 2.24) is 4.98 Å². The van der Waals surface area contributed by atoms with Gasteiger partial charge in [-0.05, 0) is 36.8 Å². The highest BCUT2D eigenvalue weighted by Crippen LogP contribution is 2.25. The maximum Gasteiger partial charge on any atom is 0.134 e. The molecule has 4 nitrogen and oxygen atoms in total. The molecule has 0 aliphatic carbocycles. The van der Waals surface area contributed by atoms with E-state index in [0.29, 0.717) is 16.7 Å². The van der Waals surface area contributed by atoms with E-state index in [1.807, 2.05) is 25.1 Å². The normalized spacial score (nSPS) is 10.2. The van der Waals surface area contributed by atoms with E-state index in [4.69, 9.17) is 22.1 Å². The lowest BCUT2D eigenvalue weighted by molar-refractivity contribution is 0.412. The minimum atomic E-state index is 0.364. The number of hydrogen-bond donors (Lipinski definition) is 2. The van der Waals surface area contributed by atoms with E-state index >= 15 is 0 Å². The summed E-state index contributed by atoms with van der Waals surface area (Å²) in [5.41, 5.74) is 8.22. The second-order valence-electron chi connectivity index (χ2n) is 3.92. The van der Waals surface area contributed by atoms with Crippen LogP contribution in [0.5, 0.6) is 5.75 Å². The maximum atomic E-state index is 5.84. The number of benzene rings is 1. The van der Waals surface area contributed by atoms with Crippen molar-refractivity contribution in [3.05, 3.63) is 41.0 Å². The maximum absolute atomic E-state index is 5.84. The Bertz CT molecular complexity index is 552. The smallest absolute Gasteiger partial charge is 0.134 e. The molecule has 1 aromatic carbocycles. The summed E-state index contributed by atoms with van der Waals surface area (Å²) in [6, 6.07) is 9.10. The van der Waals surface area contributed by atoms with Crippen LogP contribution >= 0.6 is 11.6 Å². The number of ether oxygens (including phenoxy) is 1. The Hall–Kier alpha value is -1.94. The molecule has 18 heavy (non-hydrogen) atoms. The Morgan fingerprint density at radius 3 is 2.67 bits per heavy atom. The summed E-state index contributed by atoms with van der Waals surface area (Å²) in [7, 11) is 1.65. The molecule has 2 rings (SSSR count). The zero-order valence-corrected chi connectivity index (χ0v) is 11.0. The van der Waals surface area contributed by atoms with Gasteiger partial charge < -0.3 is 15.8 Å².